The van der Waals surface area contributed by atoms with E-state index in [2.05, 4.69) is 23.5 Å². The average molecular weight is 260 g/mol. The molecule has 1 rings (SSSR count). The van der Waals surface area contributed by atoms with Gasteiger partial charge in [-0.3, -0.25) is 0 Å². The molecule has 0 aromatic carbocycles. The molecule has 1 aromatic heterocycles. The monoisotopic (exact) mass is 260 g/mol. The van der Waals surface area contributed by atoms with Gasteiger partial charge in [0.2, 0.25) is 0 Å². The van der Waals surface area contributed by atoms with Crippen LogP contribution in [0.25, 0.3) is 0 Å². The molecule has 0 amide bonds. The largest absolute Gasteiger partial charge is 0.477 e. The average Bonchev–Trinajstić information content (AvgIpc) is 2.57. The number of anilines is 1. The van der Waals surface area contributed by atoms with E-state index in [0.29, 0.717) is 21.6 Å². The van der Waals surface area contributed by atoms with Gasteiger partial charge < -0.3 is 10.4 Å². The van der Waals surface area contributed by atoms with E-state index in [9.17, 15) is 4.79 Å². The Bertz CT molecular complexity index is 366. The molecule has 0 aliphatic heterocycles. The first-order valence-electron chi connectivity index (χ1n) is 4.98. The first-order chi connectivity index (χ1) is 7.54. The molecule has 0 bridgehead atoms. The molecule has 1 unspecified atom stereocenters. The minimum Gasteiger partial charge on any atom is -0.477 e. The summed E-state index contributed by atoms with van der Waals surface area (Å²) in [6, 6.07) is 0. The lowest BCUT2D eigenvalue weighted by Gasteiger charge is -2.09. The number of aryl methyl sites for hydroxylation is 1. The molecule has 0 aliphatic carbocycles. The Hall–Kier alpha value is -0.750. The standard InChI is InChI=1S/C10H16N2O2S2/c1-6(5-15-3)4-11-10-12-7(2)8(16-10)9(13)14/h6H,4-5H2,1-3H3,(H,11,12)(H,13,14). The summed E-state index contributed by atoms with van der Waals surface area (Å²) < 4.78 is 0. The van der Waals surface area contributed by atoms with Crippen LogP contribution >= 0.6 is 23.1 Å². The fraction of sp³-hybridized carbons (Fsp3) is 0.600. The van der Waals surface area contributed by atoms with Crippen LogP contribution in [0.4, 0.5) is 5.13 Å². The summed E-state index contributed by atoms with van der Waals surface area (Å²) in [7, 11) is 0. The summed E-state index contributed by atoms with van der Waals surface area (Å²) in [6.45, 7) is 4.70. The third-order valence-electron chi connectivity index (χ3n) is 2.04. The van der Waals surface area contributed by atoms with E-state index < -0.39 is 5.97 Å². The zero-order valence-electron chi connectivity index (χ0n) is 9.61. The lowest BCUT2D eigenvalue weighted by Crippen LogP contribution is -2.12. The number of hydrogen-bond donors (Lipinski definition) is 2. The second-order valence-corrected chi connectivity index (χ2v) is 5.59. The Kier molecular flexibility index (Phi) is 5.08. The Morgan fingerprint density at radius 3 is 2.88 bits per heavy atom. The van der Waals surface area contributed by atoms with Crippen LogP contribution < -0.4 is 5.32 Å². The number of aromatic carboxylic acids is 1. The third kappa shape index (κ3) is 3.68. The van der Waals surface area contributed by atoms with E-state index in [1.165, 1.54) is 11.3 Å². The number of nitrogens with zero attached hydrogens (tertiary/aromatic N) is 1. The van der Waals surface area contributed by atoms with Crippen LogP contribution in [0.5, 0.6) is 0 Å². The van der Waals surface area contributed by atoms with Crippen molar-refractivity contribution in [2.24, 2.45) is 5.92 Å². The molecule has 1 heterocycles. The maximum absolute atomic E-state index is 10.8. The van der Waals surface area contributed by atoms with E-state index in [0.717, 1.165) is 12.3 Å². The van der Waals surface area contributed by atoms with Gasteiger partial charge in [0.15, 0.2) is 5.13 Å². The Balaban J connectivity index is 2.55. The quantitative estimate of drug-likeness (QED) is 0.823. The van der Waals surface area contributed by atoms with Gasteiger partial charge >= 0.3 is 5.97 Å². The maximum Gasteiger partial charge on any atom is 0.347 e. The summed E-state index contributed by atoms with van der Waals surface area (Å²) in [5, 5.41) is 12.8. The van der Waals surface area contributed by atoms with E-state index in [4.69, 9.17) is 5.11 Å². The van der Waals surface area contributed by atoms with Gasteiger partial charge in [0.25, 0.3) is 0 Å². The molecular weight excluding hydrogens is 244 g/mol. The molecular formula is C10H16N2O2S2. The molecule has 6 heteroatoms. The molecule has 4 nitrogen and oxygen atoms in total. The van der Waals surface area contributed by atoms with Crippen molar-refractivity contribution in [3.05, 3.63) is 10.6 Å². The number of thiazole rings is 1. The van der Waals surface area contributed by atoms with Gasteiger partial charge in [-0.25, -0.2) is 9.78 Å². The van der Waals surface area contributed by atoms with Crippen molar-refractivity contribution >= 4 is 34.2 Å². The summed E-state index contributed by atoms with van der Waals surface area (Å²) in [5.74, 6) is 0.732. The van der Waals surface area contributed by atoms with E-state index in [-0.39, 0.29) is 0 Å². The second kappa shape index (κ2) is 6.10. The van der Waals surface area contributed by atoms with Crippen LogP contribution in [-0.2, 0) is 0 Å². The van der Waals surface area contributed by atoms with Gasteiger partial charge in [-0.1, -0.05) is 18.3 Å². The van der Waals surface area contributed by atoms with Crippen LogP contribution in [0.15, 0.2) is 0 Å². The Labute approximate surface area is 103 Å². The first kappa shape index (κ1) is 13.3. The lowest BCUT2D eigenvalue weighted by molar-refractivity contribution is 0.0701. The lowest BCUT2D eigenvalue weighted by atomic mass is 10.2. The van der Waals surface area contributed by atoms with Gasteiger partial charge in [0, 0.05) is 6.54 Å². The minimum atomic E-state index is -0.903. The van der Waals surface area contributed by atoms with Gasteiger partial charge in [-0.2, -0.15) is 11.8 Å². The fourth-order valence-electron chi connectivity index (χ4n) is 1.28. The Morgan fingerprint density at radius 1 is 1.69 bits per heavy atom. The van der Waals surface area contributed by atoms with Crippen LogP contribution in [0.3, 0.4) is 0 Å². The fourth-order valence-corrected chi connectivity index (χ4v) is 2.77. The zero-order chi connectivity index (χ0) is 12.1. The van der Waals surface area contributed by atoms with Crippen molar-refractivity contribution in [1.29, 1.82) is 0 Å². The second-order valence-electron chi connectivity index (χ2n) is 3.68. The van der Waals surface area contributed by atoms with Gasteiger partial charge in [-0.15, -0.1) is 0 Å². The summed E-state index contributed by atoms with van der Waals surface area (Å²) in [6.07, 6.45) is 2.08. The number of carboxylic acid groups (broad SMARTS) is 1. The molecule has 0 fully saturated rings. The Morgan fingerprint density at radius 2 is 2.38 bits per heavy atom. The SMILES string of the molecule is CSCC(C)CNc1nc(C)c(C(=O)O)s1. The molecule has 0 spiro atoms. The van der Waals surface area contributed by atoms with Crippen molar-refractivity contribution in [2.45, 2.75) is 13.8 Å². The highest BCUT2D eigenvalue weighted by Gasteiger charge is 2.13. The number of hydrogen-bond acceptors (Lipinski definition) is 5. The number of rotatable bonds is 6. The van der Waals surface area contributed by atoms with Crippen LogP contribution in [-0.4, -0.2) is 34.6 Å². The normalized spacial score (nSPS) is 12.4. The predicted molar refractivity (Wildman–Crippen MR) is 69.8 cm³/mol. The number of carbonyl (C=O) groups is 1. The summed E-state index contributed by atoms with van der Waals surface area (Å²) in [5.41, 5.74) is 0.581. The molecule has 0 saturated carbocycles. The van der Waals surface area contributed by atoms with Gasteiger partial charge in [0.1, 0.15) is 4.88 Å². The van der Waals surface area contributed by atoms with Crippen molar-refractivity contribution in [3.8, 4) is 0 Å². The van der Waals surface area contributed by atoms with Crippen LogP contribution in [0.2, 0.25) is 0 Å². The predicted octanol–water partition coefficient (Wildman–Crippen LogP) is 2.56. The molecule has 0 radical (unpaired) electrons. The molecule has 0 saturated heterocycles. The van der Waals surface area contributed by atoms with E-state index >= 15 is 0 Å². The minimum absolute atomic E-state index is 0.319. The van der Waals surface area contributed by atoms with Gasteiger partial charge in [0.05, 0.1) is 5.69 Å². The maximum atomic E-state index is 10.8. The number of carboxylic acids is 1. The smallest absolute Gasteiger partial charge is 0.347 e. The van der Waals surface area contributed by atoms with E-state index in [1.807, 2.05) is 11.8 Å². The summed E-state index contributed by atoms with van der Waals surface area (Å²) in [4.78, 5) is 15.3. The zero-order valence-corrected chi connectivity index (χ0v) is 11.2. The van der Waals surface area contributed by atoms with Gasteiger partial charge in [-0.05, 0) is 24.9 Å². The van der Waals surface area contributed by atoms with E-state index in [1.54, 1.807) is 6.92 Å². The number of aromatic nitrogens is 1. The van der Waals surface area contributed by atoms with Crippen molar-refractivity contribution in [2.75, 3.05) is 23.9 Å². The van der Waals surface area contributed by atoms with Crippen molar-refractivity contribution in [3.63, 3.8) is 0 Å². The molecule has 2 N–H and O–H groups in total. The van der Waals surface area contributed by atoms with Crippen molar-refractivity contribution < 1.29 is 9.90 Å². The molecule has 1 aromatic rings. The molecule has 0 aliphatic rings. The third-order valence-corrected chi connectivity index (χ3v) is 4.05. The first-order valence-corrected chi connectivity index (χ1v) is 7.19. The number of thioether (sulfide) groups is 1. The topological polar surface area (TPSA) is 62.2 Å². The molecule has 90 valence electrons. The summed E-state index contributed by atoms with van der Waals surface area (Å²) >= 11 is 3.01. The molecule has 16 heavy (non-hydrogen) atoms. The molecule has 1 atom stereocenters. The highest BCUT2D eigenvalue weighted by atomic mass is 32.2. The van der Waals surface area contributed by atoms with Crippen LogP contribution in [0.1, 0.15) is 22.3 Å². The van der Waals surface area contributed by atoms with Crippen molar-refractivity contribution in [1.82, 2.24) is 4.98 Å². The number of nitrogens with one attached hydrogen (secondary N) is 1. The highest BCUT2D eigenvalue weighted by Crippen LogP contribution is 2.22. The van der Waals surface area contributed by atoms with Crippen LogP contribution in [0, 0.1) is 12.8 Å². The highest BCUT2D eigenvalue weighted by molar-refractivity contribution is 7.98.